The van der Waals surface area contributed by atoms with Gasteiger partial charge in [0.2, 0.25) is 0 Å². The second-order valence-electron chi connectivity index (χ2n) is 7.91. The molecule has 4 rings (SSSR count). The van der Waals surface area contributed by atoms with Crippen molar-refractivity contribution >= 4 is 34.1 Å². The van der Waals surface area contributed by atoms with Gasteiger partial charge in [-0.25, -0.2) is 0 Å². The van der Waals surface area contributed by atoms with Crippen LogP contribution < -0.4 is 0 Å². The molecule has 2 unspecified atom stereocenters. The van der Waals surface area contributed by atoms with Crippen LogP contribution in [0.4, 0.5) is 0 Å². The van der Waals surface area contributed by atoms with Crippen LogP contribution in [-0.2, 0) is 22.0 Å². The molecular weight excluding hydrogens is 328 g/mol. The van der Waals surface area contributed by atoms with Crippen molar-refractivity contribution in [3.05, 3.63) is 35.4 Å². The summed E-state index contributed by atoms with van der Waals surface area (Å²) in [6.45, 7) is 7.54. The van der Waals surface area contributed by atoms with Crippen molar-refractivity contribution in [1.29, 1.82) is 0 Å². The monoisotopic (exact) mass is 348 g/mol. The van der Waals surface area contributed by atoms with Crippen LogP contribution in [0.5, 0.6) is 0 Å². The van der Waals surface area contributed by atoms with E-state index in [0.29, 0.717) is 17.7 Å². The van der Waals surface area contributed by atoms with Crippen LogP contribution in [0.25, 0.3) is 0 Å². The van der Waals surface area contributed by atoms with E-state index in [1.807, 2.05) is 52.0 Å². The fourth-order valence-electron chi connectivity index (χ4n) is 5.02. The lowest BCUT2D eigenvalue weighted by Crippen LogP contribution is -2.74. The average molecular weight is 348 g/mol. The van der Waals surface area contributed by atoms with E-state index in [1.165, 1.54) is 0 Å². The maximum absolute atomic E-state index is 13.7. The summed E-state index contributed by atoms with van der Waals surface area (Å²) in [4.78, 5) is 25.7. The van der Waals surface area contributed by atoms with Crippen molar-refractivity contribution < 1.29 is 13.8 Å². The van der Waals surface area contributed by atoms with E-state index >= 15 is 0 Å². The molecule has 0 bridgehead atoms. The first-order chi connectivity index (χ1) is 10.6. The van der Waals surface area contributed by atoms with E-state index in [1.54, 1.807) is 11.8 Å². The zero-order valence-corrected chi connectivity index (χ0v) is 15.4. The van der Waals surface area contributed by atoms with E-state index < -0.39 is 30.5 Å². The van der Waals surface area contributed by atoms with Crippen LogP contribution in [0.15, 0.2) is 24.3 Å². The minimum absolute atomic E-state index is 0.00163. The first-order valence-corrected chi connectivity index (χ1v) is 10.00. The van der Waals surface area contributed by atoms with Crippen LogP contribution in [0.3, 0.4) is 0 Å². The zero-order valence-electron chi connectivity index (χ0n) is 13.8. The number of thioether (sulfide) groups is 1. The summed E-state index contributed by atoms with van der Waals surface area (Å²) >= 11 is 1.59. The Hall–Kier alpha value is -0.940. The summed E-state index contributed by atoms with van der Waals surface area (Å²) in [5.41, 5.74) is 0.374. The van der Waals surface area contributed by atoms with Gasteiger partial charge >= 0.3 is 0 Å². The molecule has 5 heteroatoms. The van der Waals surface area contributed by atoms with Gasteiger partial charge in [-0.15, -0.1) is 11.8 Å². The number of fused-ring (bicyclic) bond motifs is 1. The average Bonchev–Trinajstić information content (AvgIpc) is 2.97. The minimum atomic E-state index is -1.40. The summed E-state index contributed by atoms with van der Waals surface area (Å²) in [5, 5.41) is 0. The highest BCUT2D eigenvalue weighted by Gasteiger charge is 2.81. The molecule has 0 N–H and O–H groups in total. The Morgan fingerprint density at radius 1 is 1.04 bits per heavy atom. The molecule has 2 spiro atoms. The quantitative estimate of drug-likeness (QED) is 0.723. The van der Waals surface area contributed by atoms with Crippen molar-refractivity contribution in [2.75, 3.05) is 5.75 Å². The third-order valence-electron chi connectivity index (χ3n) is 6.06. The Bertz CT molecular complexity index is 775. The van der Waals surface area contributed by atoms with Gasteiger partial charge in [-0.1, -0.05) is 52.0 Å². The third-order valence-corrected chi connectivity index (χ3v) is 11.8. The minimum Gasteiger partial charge on any atom is -0.298 e. The number of carbonyl (C=O) groups excluding carboxylic acids is 2. The number of hydrogen-bond donors (Lipinski definition) is 0. The van der Waals surface area contributed by atoms with Crippen LogP contribution in [-0.4, -0.2) is 30.4 Å². The molecule has 0 radical (unpaired) electrons. The lowest BCUT2D eigenvalue weighted by Gasteiger charge is -2.62. The number of benzene rings is 1. The maximum atomic E-state index is 13.7. The highest BCUT2D eigenvalue weighted by molar-refractivity contribution is 8.17. The number of carbonyl (C=O) groups is 2. The molecule has 2 aliphatic carbocycles. The predicted molar refractivity (Wildman–Crippen MR) is 93.1 cm³/mol. The molecule has 1 aliphatic heterocycles. The van der Waals surface area contributed by atoms with Crippen molar-refractivity contribution in [2.24, 2.45) is 10.8 Å². The SMILES string of the molecule is CC1(C)C(=O)C(C)(C)C12SCC1(Cc3ccccc3C1=O)S2=O. The molecule has 0 amide bonds. The Labute approximate surface area is 143 Å². The molecule has 23 heavy (non-hydrogen) atoms. The van der Waals surface area contributed by atoms with E-state index in [-0.39, 0.29) is 11.6 Å². The fourth-order valence-corrected chi connectivity index (χ4v) is 10.5. The summed E-state index contributed by atoms with van der Waals surface area (Å²) in [6.07, 6.45) is 0.531. The standard InChI is InChI=1S/C18H20O3S2/c1-15(2)14(20)16(3,4)18(15)22-10-17(23(18)21)9-11-7-5-6-8-12(11)13(17)19/h5-8H,9-10H2,1-4H3. The van der Waals surface area contributed by atoms with E-state index in [0.717, 1.165) is 5.56 Å². The summed E-state index contributed by atoms with van der Waals surface area (Å²) in [7, 11) is -1.40. The Kier molecular flexibility index (Phi) is 2.83. The molecule has 0 aromatic heterocycles. The normalized spacial score (nSPS) is 35.6. The summed E-state index contributed by atoms with van der Waals surface area (Å²) in [5.74, 6) is 0.681. The second-order valence-corrected chi connectivity index (χ2v) is 11.3. The largest absolute Gasteiger partial charge is 0.298 e. The summed E-state index contributed by atoms with van der Waals surface area (Å²) < 4.78 is 12.2. The van der Waals surface area contributed by atoms with Crippen LogP contribution in [0.1, 0.15) is 43.6 Å². The Balaban J connectivity index is 1.85. The van der Waals surface area contributed by atoms with Crippen LogP contribution in [0.2, 0.25) is 0 Å². The number of rotatable bonds is 0. The first kappa shape index (κ1) is 15.6. The first-order valence-electron chi connectivity index (χ1n) is 7.86. The van der Waals surface area contributed by atoms with Crippen molar-refractivity contribution in [2.45, 2.75) is 42.9 Å². The van der Waals surface area contributed by atoms with Crippen LogP contribution in [0, 0.1) is 10.8 Å². The maximum Gasteiger partial charge on any atom is 0.182 e. The highest BCUT2D eigenvalue weighted by Crippen LogP contribution is 2.72. The van der Waals surface area contributed by atoms with Gasteiger partial charge in [0.1, 0.15) is 14.6 Å². The molecule has 1 saturated heterocycles. The Morgan fingerprint density at radius 3 is 2.26 bits per heavy atom. The number of Topliss-reactive ketones (excluding diaryl/α,β-unsaturated/α-hetero) is 2. The van der Waals surface area contributed by atoms with E-state index in [2.05, 4.69) is 0 Å². The predicted octanol–water partition coefficient (Wildman–Crippen LogP) is 2.99. The zero-order chi connectivity index (χ0) is 16.8. The van der Waals surface area contributed by atoms with E-state index in [4.69, 9.17) is 0 Å². The fraction of sp³-hybridized carbons (Fsp3) is 0.556. The van der Waals surface area contributed by atoms with Crippen molar-refractivity contribution in [3.8, 4) is 0 Å². The number of ketones is 2. The van der Waals surface area contributed by atoms with Gasteiger partial charge in [-0.05, 0) is 12.0 Å². The topological polar surface area (TPSA) is 51.2 Å². The van der Waals surface area contributed by atoms with Gasteiger partial charge in [0.25, 0.3) is 0 Å². The molecule has 1 saturated carbocycles. The van der Waals surface area contributed by atoms with Crippen molar-refractivity contribution in [3.63, 3.8) is 0 Å². The second kappa shape index (κ2) is 4.17. The van der Waals surface area contributed by atoms with Gasteiger partial charge in [0.05, 0.1) is 21.6 Å². The highest BCUT2D eigenvalue weighted by atomic mass is 32.2. The molecule has 3 nitrogen and oxygen atoms in total. The molecule has 2 atom stereocenters. The molecule has 122 valence electrons. The lowest BCUT2D eigenvalue weighted by atomic mass is 9.53. The smallest absolute Gasteiger partial charge is 0.182 e. The van der Waals surface area contributed by atoms with Crippen LogP contribution >= 0.6 is 11.8 Å². The van der Waals surface area contributed by atoms with Gasteiger partial charge in [-0.3, -0.25) is 13.8 Å². The summed E-state index contributed by atoms with van der Waals surface area (Å²) in [6, 6.07) is 7.57. The lowest BCUT2D eigenvalue weighted by molar-refractivity contribution is -0.152. The van der Waals surface area contributed by atoms with E-state index in [9.17, 15) is 13.8 Å². The molecule has 1 aromatic rings. The Morgan fingerprint density at radius 2 is 1.65 bits per heavy atom. The van der Waals surface area contributed by atoms with Gasteiger partial charge in [0, 0.05) is 11.3 Å². The number of hydrogen-bond acceptors (Lipinski definition) is 4. The van der Waals surface area contributed by atoms with Gasteiger partial charge in [0.15, 0.2) is 5.78 Å². The van der Waals surface area contributed by atoms with Crippen molar-refractivity contribution in [1.82, 2.24) is 0 Å². The molecule has 2 fully saturated rings. The third kappa shape index (κ3) is 1.39. The van der Waals surface area contributed by atoms with Gasteiger partial charge < -0.3 is 0 Å². The molecular formula is C18H20O3S2. The van der Waals surface area contributed by atoms with Gasteiger partial charge in [-0.2, -0.15) is 0 Å². The molecule has 1 heterocycles. The molecule has 1 aromatic carbocycles. The molecule has 3 aliphatic rings.